The van der Waals surface area contributed by atoms with Crippen molar-refractivity contribution in [3.8, 4) is 12.3 Å². The van der Waals surface area contributed by atoms with E-state index in [1.807, 2.05) is 0 Å². The van der Waals surface area contributed by atoms with Crippen LogP contribution in [-0.4, -0.2) is 13.1 Å². The molecular formula is C13H25N. The Kier molecular flexibility index (Phi) is 12.1. The molecule has 0 radical (unpaired) electrons. The highest BCUT2D eigenvalue weighted by molar-refractivity contribution is 4.86. The second-order valence-electron chi connectivity index (χ2n) is 3.86. The van der Waals surface area contributed by atoms with Gasteiger partial charge in [-0.3, -0.25) is 0 Å². The molecule has 1 nitrogen and oxygen atoms in total. The van der Waals surface area contributed by atoms with E-state index in [1.54, 1.807) is 0 Å². The third-order valence-electron chi connectivity index (χ3n) is 2.43. The van der Waals surface area contributed by atoms with Gasteiger partial charge in [0.05, 0.1) is 6.54 Å². The van der Waals surface area contributed by atoms with Gasteiger partial charge in [-0.05, 0) is 13.0 Å². The SMILES string of the molecule is C#CCNCCCCCCCCCC. The molecule has 0 aromatic heterocycles. The first kappa shape index (κ1) is 13.5. The van der Waals surface area contributed by atoms with Crippen LogP contribution in [0.3, 0.4) is 0 Å². The van der Waals surface area contributed by atoms with Gasteiger partial charge >= 0.3 is 0 Å². The molecule has 0 fully saturated rings. The predicted molar refractivity (Wildman–Crippen MR) is 64.3 cm³/mol. The van der Waals surface area contributed by atoms with Gasteiger partial charge in [-0.15, -0.1) is 6.42 Å². The molecule has 14 heavy (non-hydrogen) atoms. The molecule has 1 heteroatoms. The lowest BCUT2D eigenvalue weighted by atomic mass is 10.1. The molecule has 0 aliphatic carbocycles. The van der Waals surface area contributed by atoms with Crippen LogP contribution in [0.25, 0.3) is 0 Å². The Balaban J connectivity index is 2.82. The monoisotopic (exact) mass is 195 g/mol. The Bertz CT molecular complexity index is 135. The van der Waals surface area contributed by atoms with Gasteiger partial charge in [-0.25, -0.2) is 0 Å². The van der Waals surface area contributed by atoms with Gasteiger partial charge in [0.15, 0.2) is 0 Å². The maximum atomic E-state index is 5.12. The van der Waals surface area contributed by atoms with Gasteiger partial charge in [-0.1, -0.05) is 57.8 Å². The Hall–Kier alpha value is -0.480. The van der Waals surface area contributed by atoms with Gasteiger partial charge in [0.1, 0.15) is 0 Å². The van der Waals surface area contributed by atoms with Crippen LogP contribution in [0.4, 0.5) is 0 Å². The van der Waals surface area contributed by atoms with Gasteiger partial charge in [-0.2, -0.15) is 0 Å². The Morgan fingerprint density at radius 3 is 2.07 bits per heavy atom. The normalized spacial score (nSPS) is 10.0. The fourth-order valence-electron chi connectivity index (χ4n) is 1.54. The average molecular weight is 195 g/mol. The number of unbranched alkanes of at least 4 members (excludes halogenated alkanes) is 7. The van der Waals surface area contributed by atoms with Crippen LogP contribution in [0.2, 0.25) is 0 Å². The minimum absolute atomic E-state index is 0.719. The molecular weight excluding hydrogens is 170 g/mol. The zero-order valence-electron chi connectivity index (χ0n) is 9.65. The van der Waals surface area contributed by atoms with Gasteiger partial charge in [0, 0.05) is 0 Å². The Morgan fingerprint density at radius 2 is 1.50 bits per heavy atom. The van der Waals surface area contributed by atoms with Crippen molar-refractivity contribution in [1.29, 1.82) is 0 Å². The van der Waals surface area contributed by atoms with Crippen molar-refractivity contribution in [3.63, 3.8) is 0 Å². The van der Waals surface area contributed by atoms with Crippen LogP contribution >= 0.6 is 0 Å². The van der Waals surface area contributed by atoms with Crippen molar-refractivity contribution in [2.24, 2.45) is 0 Å². The standard InChI is InChI=1S/C13H25N/c1-3-5-6-7-8-9-10-11-13-14-12-4-2/h2,14H,3,5-13H2,1H3. The zero-order chi connectivity index (χ0) is 10.5. The summed E-state index contributed by atoms with van der Waals surface area (Å²) in [6, 6.07) is 0. The van der Waals surface area contributed by atoms with E-state index in [1.165, 1.54) is 51.4 Å². The highest BCUT2D eigenvalue weighted by Crippen LogP contribution is 2.07. The zero-order valence-corrected chi connectivity index (χ0v) is 9.65. The van der Waals surface area contributed by atoms with Gasteiger partial charge in [0.25, 0.3) is 0 Å². The number of hydrogen-bond donors (Lipinski definition) is 1. The van der Waals surface area contributed by atoms with Crippen LogP contribution in [0, 0.1) is 12.3 Å². The third kappa shape index (κ3) is 11.5. The van der Waals surface area contributed by atoms with E-state index in [0.717, 1.165) is 13.1 Å². The summed E-state index contributed by atoms with van der Waals surface area (Å²) in [5.74, 6) is 2.58. The highest BCUT2D eigenvalue weighted by atomic mass is 14.8. The molecule has 0 spiro atoms. The lowest BCUT2D eigenvalue weighted by Crippen LogP contribution is -2.14. The van der Waals surface area contributed by atoms with Crippen LogP contribution in [0.15, 0.2) is 0 Å². The van der Waals surface area contributed by atoms with E-state index < -0.39 is 0 Å². The summed E-state index contributed by atoms with van der Waals surface area (Å²) in [6.45, 7) is 4.06. The first-order chi connectivity index (χ1) is 6.91. The molecule has 0 amide bonds. The van der Waals surface area contributed by atoms with E-state index in [0.29, 0.717) is 0 Å². The highest BCUT2D eigenvalue weighted by Gasteiger charge is 1.90. The predicted octanol–water partition coefficient (Wildman–Crippen LogP) is 3.35. The van der Waals surface area contributed by atoms with Crippen molar-refractivity contribution >= 4 is 0 Å². The average Bonchev–Trinajstić information content (AvgIpc) is 2.21. The number of terminal acetylenes is 1. The molecule has 0 aromatic carbocycles. The minimum Gasteiger partial charge on any atom is -0.306 e. The molecule has 1 N–H and O–H groups in total. The quantitative estimate of drug-likeness (QED) is 0.416. The molecule has 82 valence electrons. The molecule has 0 aliphatic rings. The summed E-state index contributed by atoms with van der Waals surface area (Å²) < 4.78 is 0. The molecule has 0 saturated heterocycles. The molecule has 0 unspecified atom stereocenters. The van der Waals surface area contributed by atoms with Crippen molar-refractivity contribution in [2.75, 3.05) is 13.1 Å². The van der Waals surface area contributed by atoms with Gasteiger partial charge in [0.2, 0.25) is 0 Å². The lowest BCUT2D eigenvalue weighted by molar-refractivity contribution is 0.564. The maximum Gasteiger partial charge on any atom is 0.0573 e. The van der Waals surface area contributed by atoms with E-state index in [9.17, 15) is 0 Å². The number of rotatable bonds is 10. The molecule has 0 rings (SSSR count). The van der Waals surface area contributed by atoms with Crippen molar-refractivity contribution in [3.05, 3.63) is 0 Å². The fourth-order valence-corrected chi connectivity index (χ4v) is 1.54. The van der Waals surface area contributed by atoms with Crippen molar-refractivity contribution < 1.29 is 0 Å². The van der Waals surface area contributed by atoms with Gasteiger partial charge < -0.3 is 5.32 Å². The fraction of sp³-hybridized carbons (Fsp3) is 0.846. The Labute approximate surface area is 89.7 Å². The van der Waals surface area contributed by atoms with Crippen LogP contribution in [0.1, 0.15) is 58.3 Å². The summed E-state index contributed by atoms with van der Waals surface area (Å²) >= 11 is 0. The summed E-state index contributed by atoms with van der Waals surface area (Å²) in [5, 5.41) is 3.21. The first-order valence-corrected chi connectivity index (χ1v) is 6.06. The van der Waals surface area contributed by atoms with Crippen molar-refractivity contribution in [1.82, 2.24) is 5.32 Å². The number of hydrogen-bond acceptors (Lipinski definition) is 1. The van der Waals surface area contributed by atoms with E-state index in [4.69, 9.17) is 6.42 Å². The van der Waals surface area contributed by atoms with Crippen LogP contribution < -0.4 is 5.32 Å². The number of nitrogens with one attached hydrogen (secondary N) is 1. The largest absolute Gasteiger partial charge is 0.306 e. The first-order valence-electron chi connectivity index (χ1n) is 6.06. The third-order valence-corrected chi connectivity index (χ3v) is 2.43. The second kappa shape index (κ2) is 12.5. The topological polar surface area (TPSA) is 12.0 Å². The minimum atomic E-state index is 0.719. The molecule has 0 saturated carbocycles. The maximum absolute atomic E-state index is 5.12. The second-order valence-corrected chi connectivity index (χ2v) is 3.86. The molecule has 0 bridgehead atoms. The summed E-state index contributed by atoms with van der Waals surface area (Å²) in [4.78, 5) is 0. The summed E-state index contributed by atoms with van der Waals surface area (Å²) in [7, 11) is 0. The van der Waals surface area contributed by atoms with Crippen LogP contribution in [0.5, 0.6) is 0 Å². The van der Waals surface area contributed by atoms with E-state index in [-0.39, 0.29) is 0 Å². The van der Waals surface area contributed by atoms with E-state index >= 15 is 0 Å². The Morgan fingerprint density at radius 1 is 0.929 bits per heavy atom. The molecule has 0 aromatic rings. The summed E-state index contributed by atoms with van der Waals surface area (Å²) in [5.41, 5.74) is 0. The van der Waals surface area contributed by atoms with Crippen LogP contribution in [-0.2, 0) is 0 Å². The molecule has 0 atom stereocenters. The lowest BCUT2D eigenvalue weighted by Gasteiger charge is -2.01. The smallest absolute Gasteiger partial charge is 0.0573 e. The molecule has 0 heterocycles. The van der Waals surface area contributed by atoms with Crippen molar-refractivity contribution in [2.45, 2.75) is 58.3 Å². The molecule has 0 aliphatic heterocycles. The van der Waals surface area contributed by atoms with E-state index in [2.05, 4.69) is 18.2 Å². The summed E-state index contributed by atoms with van der Waals surface area (Å²) in [6.07, 6.45) is 16.1.